The van der Waals surface area contributed by atoms with Crippen LogP contribution in [0.5, 0.6) is 0 Å². The van der Waals surface area contributed by atoms with Crippen LogP contribution in [-0.4, -0.2) is 43.0 Å². The number of rotatable bonds is 7. The molecule has 0 N–H and O–H groups in total. The van der Waals surface area contributed by atoms with Crippen LogP contribution in [0.4, 0.5) is 0 Å². The summed E-state index contributed by atoms with van der Waals surface area (Å²) in [7, 11) is 1.25. The van der Waals surface area contributed by atoms with E-state index in [2.05, 4.69) is 31.6 Å². The molecule has 37 heavy (non-hydrogen) atoms. The lowest BCUT2D eigenvalue weighted by molar-refractivity contribution is -0.172. The van der Waals surface area contributed by atoms with Gasteiger partial charge in [-0.25, -0.2) is 4.79 Å². The van der Waals surface area contributed by atoms with E-state index in [0.717, 1.165) is 25.7 Å². The Morgan fingerprint density at radius 3 is 2.38 bits per heavy atom. The lowest BCUT2D eigenvalue weighted by atomic mass is 9.46. The number of carbonyl (C=O) groups excluding carboxylic acids is 4. The SMILES string of the molecule is COC(=O)C(=O)CC[C@@H](C)[C@H]1CC[C@H]2[C@@H]3CC=C4C[C@@H](OC(C)=O)C[C@H](OC(C)=O)[C@]4(C)[C@H]3CC[C@]12C. The molecule has 4 aliphatic rings. The Morgan fingerprint density at radius 2 is 1.73 bits per heavy atom. The third kappa shape index (κ3) is 4.99. The van der Waals surface area contributed by atoms with Crippen molar-refractivity contribution >= 4 is 23.7 Å². The number of esters is 3. The molecule has 3 fully saturated rings. The molecule has 0 aromatic rings. The summed E-state index contributed by atoms with van der Waals surface area (Å²) in [6.45, 7) is 9.87. The molecular weight excluding hydrogens is 472 g/mol. The molecule has 0 aromatic carbocycles. The molecule has 206 valence electrons. The predicted octanol–water partition coefficient (Wildman–Crippen LogP) is 5.20. The average molecular weight is 517 g/mol. The van der Waals surface area contributed by atoms with E-state index < -0.39 is 11.8 Å². The van der Waals surface area contributed by atoms with Crippen LogP contribution in [0.1, 0.15) is 92.4 Å². The van der Waals surface area contributed by atoms with Crippen LogP contribution in [0.15, 0.2) is 11.6 Å². The Morgan fingerprint density at radius 1 is 1.03 bits per heavy atom. The minimum Gasteiger partial charge on any atom is -0.463 e. The normalized spacial score (nSPS) is 39.2. The van der Waals surface area contributed by atoms with E-state index in [-0.39, 0.29) is 41.4 Å². The van der Waals surface area contributed by atoms with Crippen molar-refractivity contribution in [2.24, 2.45) is 40.4 Å². The highest BCUT2D eigenvalue weighted by atomic mass is 16.6. The van der Waals surface area contributed by atoms with Crippen molar-refractivity contribution < 1.29 is 33.4 Å². The first-order valence-corrected chi connectivity index (χ1v) is 14.1. The highest BCUT2D eigenvalue weighted by molar-refractivity contribution is 6.33. The molecule has 0 saturated heterocycles. The summed E-state index contributed by atoms with van der Waals surface area (Å²) in [6, 6.07) is 0. The predicted molar refractivity (Wildman–Crippen MR) is 137 cm³/mol. The zero-order chi connectivity index (χ0) is 27.1. The molecule has 0 spiro atoms. The number of fused-ring (bicyclic) bond motifs is 5. The molecular formula is C30H44O7. The highest BCUT2D eigenvalue weighted by Gasteiger charge is 2.62. The summed E-state index contributed by atoms with van der Waals surface area (Å²) in [6.07, 6.45) is 9.55. The number of hydrogen-bond acceptors (Lipinski definition) is 7. The molecule has 3 saturated carbocycles. The molecule has 0 heterocycles. The van der Waals surface area contributed by atoms with Crippen molar-refractivity contribution in [3.8, 4) is 0 Å². The van der Waals surface area contributed by atoms with Crippen LogP contribution in [0.2, 0.25) is 0 Å². The summed E-state index contributed by atoms with van der Waals surface area (Å²) >= 11 is 0. The third-order valence-electron chi connectivity index (χ3n) is 10.8. The van der Waals surface area contributed by atoms with Crippen molar-refractivity contribution in [3.05, 3.63) is 11.6 Å². The quantitative estimate of drug-likeness (QED) is 0.199. The standard InChI is InChI=1S/C30H44O7/c1-17(7-12-26(33)28(34)35-6)23-10-11-24-22-9-8-20-15-21(36-18(2)31)16-27(37-19(3)32)30(20,5)25(22)13-14-29(23,24)4/h8,17,21-25,27H,7,9-16H2,1-6H3/t17-,21-,22+,23-,24+,25+,27+,29-,30+/m1/s1. The first kappa shape index (κ1) is 27.8. The highest BCUT2D eigenvalue weighted by Crippen LogP contribution is 2.67. The molecule has 7 heteroatoms. The fourth-order valence-corrected chi connectivity index (χ4v) is 9.10. The maximum atomic E-state index is 12.1. The largest absolute Gasteiger partial charge is 0.463 e. The van der Waals surface area contributed by atoms with Crippen molar-refractivity contribution in [2.75, 3.05) is 7.11 Å². The molecule has 0 aliphatic heterocycles. The Kier molecular flexibility index (Phi) is 7.92. The molecule has 4 rings (SSSR count). The van der Waals surface area contributed by atoms with E-state index in [1.165, 1.54) is 33.0 Å². The first-order valence-electron chi connectivity index (χ1n) is 14.1. The fraction of sp³-hybridized carbons (Fsp3) is 0.800. The number of methoxy groups -OCH3 is 1. The number of hydrogen-bond donors (Lipinski definition) is 0. The van der Waals surface area contributed by atoms with Gasteiger partial charge in [-0.05, 0) is 73.5 Å². The van der Waals surface area contributed by atoms with Crippen LogP contribution in [0.3, 0.4) is 0 Å². The van der Waals surface area contributed by atoms with E-state index in [9.17, 15) is 19.2 Å². The van der Waals surface area contributed by atoms with E-state index in [1.54, 1.807) is 0 Å². The van der Waals surface area contributed by atoms with Gasteiger partial charge >= 0.3 is 17.9 Å². The Labute approximate surface area is 221 Å². The monoisotopic (exact) mass is 516 g/mol. The molecule has 7 nitrogen and oxygen atoms in total. The summed E-state index contributed by atoms with van der Waals surface area (Å²) in [5.74, 6) is 0.639. The van der Waals surface area contributed by atoms with E-state index in [0.29, 0.717) is 48.9 Å². The smallest absolute Gasteiger partial charge is 0.374 e. The minimum absolute atomic E-state index is 0.197. The fourth-order valence-electron chi connectivity index (χ4n) is 9.10. The van der Waals surface area contributed by atoms with Gasteiger partial charge in [0.15, 0.2) is 0 Å². The topological polar surface area (TPSA) is 96.0 Å². The van der Waals surface area contributed by atoms with Gasteiger partial charge in [0.2, 0.25) is 5.78 Å². The van der Waals surface area contributed by atoms with Gasteiger partial charge in [-0.15, -0.1) is 0 Å². The molecule has 0 radical (unpaired) electrons. The molecule has 0 unspecified atom stereocenters. The van der Waals surface area contributed by atoms with Crippen LogP contribution in [0.25, 0.3) is 0 Å². The van der Waals surface area contributed by atoms with Crippen molar-refractivity contribution in [1.29, 1.82) is 0 Å². The second-order valence-corrected chi connectivity index (χ2v) is 12.6. The van der Waals surface area contributed by atoms with Gasteiger partial charge in [0.25, 0.3) is 0 Å². The Bertz CT molecular complexity index is 969. The van der Waals surface area contributed by atoms with E-state index in [4.69, 9.17) is 9.47 Å². The summed E-state index contributed by atoms with van der Waals surface area (Å²) in [5, 5.41) is 0. The number of ketones is 1. The number of allylic oxidation sites excluding steroid dienone is 1. The van der Waals surface area contributed by atoms with Gasteiger partial charge in [0, 0.05) is 38.5 Å². The second kappa shape index (κ2) is 10.5. The number of Topliss-reactive ketones (excluding diaryl/α,β-unsaturated/α-hetero) is 1. The summed E-state index contributed by atoms with van der Waals surface area (Å²) in [5.41, 5.74) is 1.23. The maximum Gasteiger partial charge on any atom is 0.374 e. The van der Waals surface area contributed by atoms with E-state index in [1.807, 2.05) is 0 Å². The average Bonchev–Trinajstić information content (AvgIpc) is 3.19. The number of ether oxygens (including phenoxy) is 3. The molecule has 9 atom stereocenters. The van der Waals surface area contributed by atoms with Crippen LogP contribution < -0.4 is 0 Å². The second-order valence-electron chi connectivity index (χ2n) is 12.6. The summed E-state index contributed by atoms with van der Waals surface area (Å²) < 4.78 is 16.2. The van der Waals surface area contributed by atoms with Crippen LogP contribution in [-0.2, 0) is 33.4 Å². The van der Waals surface area contributed by atoms with E-state index >= 15 is 0 Å². The van der Waals surface area contributed by atoms with Gasteiger partial charge < -0.3 is 14.2 Å². The lowest BCUT2D eigenvalue weighted by Crippen LogP contribution is -2.57. The van der Waals surface area contributed by atoms with Gasteiger partial charge in [0.1, 0.15) is 12.2 Å². The van der Waals surface area contributed by atoms with Gasteiger partial charge in [0.05, 0.1) is 7.11 Å². The summed E-state index contributed by atoms with van der Waals surface area (Å²) in [4.78, 5) is 47.5. The lowest BCUT2D eigenvalue weighted by Gasteiger charge is -2.60. The van der Waals surface area contributed by atoms with Crippen LogP contribution in [0, 0.1) is 40.4 Å². The van der Waals surface area contributed by atoms with Gasteiger partial charge in [-0.2, -0.15) is 0 Å². The molecule has 4 aliphatic carbocycles. The molecule has 0 bridgehead atoms. The van der Waals surface area contributed by atoms with Gasteiger partial charge in [-0.3, -0.25) is 14.4 Å². The zero-order valence-electron chi connectivity index (χ0n) is 23.3. The van der Waals surface area contributed by atoms with Crippen LogP contribution >= 0.6 is 0 Å². The van der Waals surface area contributed by atoms with Crippen molar-refractivity contribution in [2.45, 2.75) is 105 Å². The number of carbonyl (C=O) groups is 4. The molecule has 0 amide bonds. The molecule has 0 aromatic heterocycles. The Hall–Kier alpha value is -2.18. The van der Waals surface area contributed by atoms with Crippen molar-refractivity contribution in [3.63, 3.8) is 0 Å². The van der Waals surface area contributed by atoms with Gasteiger partial charge in [-0.1, -0.05) is 32.4 Å². The van der Waals surface area contributed by atoms with Crippen molar-refractivity contribution in [1.82, 2.24) is 0 Å². The minimum atomic E-state index is -0.744. The zero-order valence-corrected chi connectivity index (χ0v) is 23.3. The maximum absolute atomic E-state index is 12.1. The third-order valence-corrected chi connectivity index (χ3v) is 10.8. The Balaban J connectivity index is 1.54. The first-order chi connectivity index (χ1) is 17.4.